The van der Waals surface area contributed by atoms with Crippen LogP contribution < -0.4 is 0 Å². The van der Waals surface area contributed by atoms with E-state index in [0.29, 0.717) is 27.8 Å². The largest absolute Gasteiger partial charge is 0.306 e. The molecule has 5 rings (SSSR count). The number of pyridine rings is 2. The molecule has 0 bridgehead atoms. The summed E-state index contributed by atoms with van der Waals surface area (Å²) in [4.78, 5) is 11.2. The van der Waals surface area contributed by atoms with E-state index in [9.17, 15) is 5.26 Å². The minimum Gasteiger partial charge on any atom is -0.306 e. The zero-order valence-electron chi connectivity index (χ0n) is 18.4. The van der Waals surface area contributed by atoms with Gasteiger partial charge < -0.3 is 4.90 Å². The summed E-state index contributed by atoms with van der Waals surface area (Å²) >= 11 is 1.38. The van der Waals surface area contributed by atoms with Gasteiger partial charge >= 0.3 is 0 Å². The number of nitrogens with zero attached hydrogens (tertiary/aromatic N) is 8. The molecule has 9 heteroatoms. The van der Waals surface area contributed by atoms with E-state index >= 15 is 0 Å². The summed E-state index contributed by atoms with van der Waals surface area (Å²) < 4.78 is 3.89. The smallest absolute Gasteiger partial charge is 0.219 e. The van der Waals surface area contributed by atoms with E-state index in [-0.39, 0.29) is 0 Å². The Hall–Kier alpha value is -3.66. The molecule has 1 fully saturated rings. The van der Waals surface area contributed by atoms with Crippen molar-refractivity contribution in [3.63, 3.8) is 0 Å². The Morgan fingerprint density at radius 1 is 1.24 bits per heavy atom. The second-order valence-electron chi connectivity index (χ2n) is 8.22. The highest BCUT2D eigenvalue weighted by atomic mass is 32.2. The second kappa shape index (κ2) is 8.70. The fraction of sp³-hybridized carbons (Fsp3) is 0.292. The van der Waals surface area contributed by atoms with Crippen LogP contribution in [0.2, 0.25) is 0 Å². The fourth-order valence-corrected chi connectivity index (χ4v) is 5.38. The van der Waals surface area contributed by atoms with E-state index in [1.54, 1.807) is 29.0 Å². The van der Waals surface area contributed by atoms with Gasteiger partial charge in [-0.05, 0) is 46.0 Å². The number of piperidine rings is 1. The van der Waals surface area contributed by atoms with Gasteiger partial charge in [0, 0.05) is 34.1 Å². The highest BCUT2D eigenvalue weighted by molar-refractivity contribution is 7.99. The van der Waals surface area contributed by atoms with Crippen LogP contribution in [-0.2, 0) is 0 Å². The molecule has 0 aliphatic carbocycles. The molecule has 0 aromatic carbocycles. The van der Waals surface area contributed by atoms with Gasteiger partial charge in [-0.3, -0.25) is 9.67 Å². The van der Waals surface area contributed by atoms with Crippen molar-refractivity contribution in [2.75, 3.05) is 20.1 Å². The highest BCUT2D eigenvalue weighted by Crippen LogP contribution is 2.39. The maximum Gasteiger partial charge on any atom is 0.219 e. The Morgan fingerprint density at radius 3 is 2.82 bits per heavy atom. The van der Waals surface area contributed by atoms with E-state index in [1.165, 1.54) is 11.8 Å². The van der Waals surface area contributed by atoms with Crippen LogP contribution in [0, 0.1) is 24.8 Å². The lowest BCUT2D eigenvalue weighted by molar-refractivity contribution is 0.210. The van der Waals surface area contributed by atoms with Crippen LogP contribution in [0.5, 0.6) is 0 Å². The fourth-order valence-electron chi connectivity index (χ4n) is 4.36. The number of hydrogen-bond acceptors (Lipinski definition) is 6. The van der Waals surface area contributed by atoms with Crippen molar-refractivity contribution >= 4 is 23.0 Å². The van der Waals surface area contributed by atoms with E-state index < -0.39 is 0 Å². The molecule has 1 aliphatic heterocycles. The van der Waals surface area contributed by atoms with Crippen LogP contribution in [0.25, 0.3) is 21.5 Å². The molecule has 0 unspecified atom stereocenters. The summed E-state index contributed by atoms with van der Waals surface area (Å²) in [5, 5.41) is 19.4. The lowest BCUT2D eigenvalue weighted by atomic mass is 10.0. The van der Waals surface area contributed by atoms with Gasteiger partial charge in [-0.15, -0.1) is 0 Å². The third-order valence-corrected chi connectivity index (χ3v) is 7.20. The van der Waals surface area contributed by atoms with Crippen molar-refractivity contribution in [2.24, 2.45) is 0 Å². The summed E-state index contributed by atoms with van der Waals surface area (Å²) in [6.45, 7) is 11.7. The first-order valence-corrected chi connectivity index (χ1v) is 11.6. The van der Waals surface area contributed by atoms with Crippen molar-refractivity contribution in [3.8, 4) is 17.2 Å². The van der Waals surface area contributed by atoms with Gasteiger partial charge in [0.25, 0.3) is 0 Å². The summed E-state index contributed by atoms with van der Waals surface area (Å²) in [6.07, 6.45) is 9.28. The van der Waals surface area contributed by atoms with Crippen LogP contribution in [0.15, 0.2) is 52.9 Å². The maximum absolute atomic E-state index is 9.62. The lowest BCUT2D eigenvalue weighted by Crippen LogP contribution is -2.32. The van der Waals surface area contributed by atoms with Crippen molar-refractivity contribution in [2.45, 2.75) is 35.7 Å². The Morgan fingerprint density at radius 2 is 2.06 bits per heavy atom. The number of hydrogen-bond donors (Lipinski definition) is 0. The van der Waals surface area contributed by atoms with Crippen molar-refractivity contribution in [3.05, 3.63) is 65.7 Å². The number of aromatic nitrogens is 5. The number of fused-ring (bicyclic) bond motifs is 1. The van der Waals surface area contributed by atoms with Crippen molar-refractivity contribution < 1.29 is 0 Å². The Balaban J connectivity index is 1.60. The summed E-state index contributed by atoms with van der Waals surface area (Å²) in [6, 6.07) is 8.18. The van der Waals surface area contributed by atoms with Gasteiger partial charge in [-0.25, -0.2) is 9.36 Å². The standard InChI is InChI=1S/C24H22N8S/c1-16-20(14-29-32(16)19-6-9-30(3)10-7-19)17-11-22(23-18(12-25)13-28-31(23)15-17)33-24-21(26-2)5-4-8-27-24/h4-5,8,11,13-15,19H,6-7,9-10H2,1,3H3. The first-order chi connectivity index (χ1) is 16.1. The highest BCUT2D eigenvalue weighted by Gasteiger charge is 2.23. The molecule has 0 radical (unpaired) electrons. The summed E-state index contributed by atoms with van der Waals surface area (Å²) in [5.74, 6) is 0. The molecule has 33 heavy (non-hydrogen) atoms. The predicted octanol–water partition coefficient (Wildman–Crippen LogP) is 4.74. The molecule has 0 saturated carbocycles. The minimum absolute atomic E-state index is 0.400. The molecule has 164 valence electrons. The van der Waals surface area contributed by atoms with Gasteiger partial charge in [0.2, 0.25) is 5.69 Å². The van der Waals surface area contributed by atoms with Crippen LogP contribution in [0.3, 0.4) is 0 Å². The number of likely N-dealkylation sites (tertiary alicyclic amines) is 1. The van der Waals surface area contributed by atoms with Gasteiger partial charge in [-0.2, -0.15) is 15.5 Å². The van der Waals surface area contributed by atoms with E-state index in [4.69, 9.17) is 11.7 Å². The molecular weight excluding hydrogens is 432 g/mol. The SMILES string of the molecule is [C-]#[N+]c1cccnc1Sc1cc(-c2cnn(C3CCN(C)CC3)c2C)cn2ncc(C#N)c12. The monoisotopic (exact) mass is 454 g/mol. The third-order valence-electron chi connectivity index (χ3n) is 6.17. The number of rotatable bonds is 4. The molecule has 4 aromatic rings. The quantitative estimate of drug-likeness (QED) is 0.414. The molecule has 0 amide bonds. The van der Waals surface area contributed by atoms with Crippen LogP contribution in [0.1, 0.15) is 30.1 Å². The molecule has 5 heterocycles. The van der Waals surface area contributed by atoms with Crippen LogP contribution in [0.4, 0.5) is 5.69 Å². The normalized spacial score (nSPS) is 14.9. The Kier molecular flexibility index (Phi) is 5.59. The van der Waals surface area contributed by atoms with E-state index in [0.717, 1.165) is 47.6 Å². The summed E-state index contributed by atoms with van der Waals surface area (Å²) in [5.41, 5.74) is 4.81. The molecule has 8 nitrogen and oxygen atoms in total. The average Bonchev–Trinajstić information content (AvgIpc) is 3.43. The molecule has 4 aromatic heterocycles. The Bertz CT molecular complexity index is 1410. The zero-order valence-corrected chi connectivity index (χ0v) is 19.2. The minimum atomic E-state index is 0.400. The molecule has 1 aliphatic rings. The Labute approximate surface area is 196 Å². The molecule has 0 spiro atoms. The molecule has 1 saturated heterocycles. The second-order valence-corrected chi connectivity index (χ2v) is 9.25. The van der Waals surface area contributed by atoms with Gasteiger partial charge in [0.15, 0.2) is 0 Å². The van der Waals surface area contributed by atoms with E-state index in [2.05, 4.69) is 44.6 Å². The van der Waals surface area contributed by atoms with E-state index in [1.807, 2.05) is 18.5 Å². The average molecular weight is 455 g/mol. The molecular formula is C24H22N8S. The maximum atomic E-state index is 9.62. The summed E-state index contributed by atoms with van der Waals surface area (Å²) in [7, 11) is 2.16. The predicted molar refractivity (Wildman–Crippen MR) is 126 cm³/mol. The van der Waals surface area contributed by atoms with Crippen molar-refractivity contribution in [1.29, 1.82) is 5.26 Å². The van der Waals surface area contributed by atoms with Crippen LogP contribution >= 0.6 is 11.8 Å². The first kappa shape index (κ1) is 21.2. The lowest BCUT2D eigenvalue weighted by Gasteiger charge is -2.29. The van der Waals surface area contributed by atoms with Gasteiger partial charge in [0.1, 0.15) is 11.1 Å². The molecule has 0 N–H and O–H groups in total. The zero-order chi connectivity index (χ0) is 22.9. The first-order valence-electron chi connectivity index (χ1n) is 10.7. The molecule has 0 atom stereocenters. The number of nitriles is 1. The third kappa shape index (κ3) is 3.86. The van der Waals surface area contributed by atoms with Crippen molar-refractivity contribution in [1.82, 2.24) is 29.3 Å². The van der Waals surface area contributed by atoms with Gasteiger partial charge in [0.05, 0.1) is 36.1 Å². The topological polar surface area (TPSA) is 79.4 Å². The van der Waals surface area contributed by atoms with Gasteiger partial charge in [-0.1, -0.05) is 23.9 Å². The van der Waals surface area contributed by atoms with Crippen LogP contribution in [-0.4, -0.2) is 49.4 Å².